The summed E-state index contributed by atoms with van der Waals surface area (Å²) in [5.41, 5.74) is 3.08. The molecule has 5 heteroatoms. The summed E-state index contributed by atoms with van der Waals surface area (Å²) in [4.78, 5) is 19.4. The van der Waals surface area contributed by atoms with E-state index < -0.39 is 5.97 Å². The summed E-state index contributed by atoms with van der Waals surface area (Å²) >= 11 is 0. The van der Waals surface area contributed by atoms with Crippen LogP contribution in [0, 0.1) is 11.3 Å². The van der Waals surface area contributed by atoms with Crippen molar-refractivity contribution >= 4 is 16.9 Å². The number of carbonyl (C=O) groups is 1. The van der Waals surface area contributed by atoms with Gasteiger partial charge in [-0.25, -0.2) is 9.78 Å². The number of hydrogen-bond donors (Lipinski definition) is 1. The highest BCUT2D eigenvalue weighted by Gasteiger charge is 2.06. The van der Waals surface area contributed by atoms with E-state index in [4.69, 9.17) is 10.4 Å². The number of pyridine rings is 2. The molecule has 0 aliphatic rings. The van der Waals surface area contributed by atoms with Gasteiger partial charge in [-0.05, 0) is 42.0 Å². The van der Waals surface area contributed by atoms with Crippen LogP contribution in [0.15, 0.2) is 48.7 Å². The van der Waals surface area contributed by atoms with Crippen LogP contribution in [0.1, 0.15) is 27.3 Å². The zero-order valence-corrected chi connectivity index (χ0v) is 11.5. The van der Waals surface area contributed by atoms with Crippen LogP contribution in [-0.2, 0) is 6.42 Å². The first kappa shape index (κ1) is 13.7. The van der Waals surface area contributed by atoms with Crippen LogP contribution in [0.5, 0.6) is 0 Å². The second kappa shape index (κ2) is 5.62. The fraction of sp³-hybridized carbons (Fsp3) is 0.0588. The molecule has 3 rings (SSSR count). The number of nitriles is 1. The van der Waals surface area contributed by atoms with Gasteiger partial charge in [0.15, 0.2) is 0 Å². The number of carboxylic acid groups (broad SMARTS) is 1. The molecule has 106 valence electrons. The van der Waals surface area contributed by atoms with Gasteiger partial charge in [0.2, 0.25) is 0 Å². The summed E-state index contributed by atoms with van der Waals surface area (Å²) in [5, 5.41) is 18.8. The Bertz CT molecular complexity index is 913. The molecule has 0 unspecified atom stereocenters. The Morgan fingerprint density at radius 1 is 1.18 bits per heavy atom. The van der Waals surface area contributed by atoms with E-state index in [9.17, 15) is 4.79 Å². The van der Waals surface area contributed by atoms with Crippen molar-refractivity contribution in [2.24, 2.45) is 0 Å². The van der Waals surface area contributed by atoms with Gasteiger partial charge in [0.25, 0.3) is 0 Å². The van der Waals surface area contributed by atoms with Crippen molar-refractivity contribution in [3.63, 3.8) is 0 Å². The van der Waals surface area contributed by atoms with Crippen LogP contribution < -0.4 is 0 Å². The predicted molar refractivity (Wildman–Crippen MR) is 80.5 cm³/mol. The van der Waals surface area contributed by atoms with E-state index in [0.29, 0.717) is 17.8 Å². The maximum absolute atomic E-state index is 11.0. The molecule has 0 bridgehead atoms. The van der Waals surface area contributed by atoms with Gasteiger partial charge in [-0.15, -0.1) is 0 Å². The highest BCUT2D eigenvalue weighted by Crippen LogP contribution is 2.17. The summed E-state index contributed by atoms with van der Waals surface area (Å²) in [6.45, 7) is 0. The molecule has 0 aliphatic heterocycles. The van der Waals surface area contributed by atoms with Crippen LogP contribution in [0.3, 0.4) is 0 Å². The van der Waals surface area contributed by atoms with E-state index in [1.807, 2.05) is 30.3 Å². The van der Waals surface area contributed by atoms with Crippen molar-refractivity contribution in [2.45, 2.75) is 6.42 Å². The van der Waals surface area contributed by atoms with Crippen molar-refractivity contribution in [1.29, 1.82) is 5.26 Å². The summed E-state index contributed by atoms with van der Waals surface area (Å²) in [7, 11) is 0. The van der Waals surface area contributed by atoms with E-state index >= 15 is 0 Å². The summed E-state index contributed by atoms with van der Waals surface area (Å²) in [6, 6.07) is 14.3. The van der Waals surface area contributed by atoms with Crippen LogP contribution in [0.25, 0.3) is 10.9 Å². The van der Waals surface area contributed by atoms with Crippen molar-refractivity contribution in [3.05, 3.63) is 71.2 Å². The average molecular weight is 289 g/mol. The second-order valence-electron chi connectivity index (χ2n) is 4.85. The van der Waals surface area contributed by atoms with Gasteiger partial charge < -0.3 is 5.11 Å². The molecule has 0 radical (unpaired) electrons. The fourth-order valence-electron chi connectivity index (χ4n) is 2.26. The molecule has 0 saturated carbocycles. The molecule has 3 aromatic rings. The zero-order chi connectivity index (χ0) is 15.5. The van der Waals surface area contributed by atoms with Gasteiger partial charge in [0.1, 0.15) is 11.8 Å². The normalized spacial score (nSPS) is 10.3. The largest absolute Gasteiger partial charge is 0.478 e. The van der Waals surface area contributed by atoms with Gasteiger partial charge in [0.05, 0.1) is 11.1 Å². The average Bonchev–Trinajstić information content (AvgIpc) is 2.54. The number of rotatable bonds is 3. The Balaban J connectivity index is 1.93. The van der Waals surface area contributed by atoms with E-state index in [-0.39, 0.29) is 5.56 Å². The first-order valence-electron chi connectivity index (χ1n) is 6.64. The molecule has 0 atom stereocenters. The lowest BCUT2D eigenvalue weighted by Gasteiger charge is -2.04. The monoisotopic (exact) mass is 289 g/mol. The summed E-state index contributed by atoms with van der Waals surface area (Å²) < 4.78 is 0. The molecule has 5 nitrogen and oxygen atoms in total. The topological polar surface area (TPSA) is 86.9 Å². The first-order valence-corrected chi connectivity index (χ1v) is 6.64. The van der Waals surface area contributed by atoms with Gasteiger partial charge in [-0.2, -0.15) is 5.26 Å². The number of carboxylic acids is 1. The molecule has 0 aliphatic carbocycles. The number of aromatic carboxylic acids is 1. The fourth-order valence-corrected chi connectivity index (χ4v) is 2.26. The molecule has 0 saturated heterocycles. The number of nitrogens with zero attached hydrogens (tertiary/aromatic N) is 3. The van der Waals surface area contributed by atoms with Gasteiger partial charge >= 0.3 is 5.97 Å². The smallest absolute Gasteiger partial charge is 0.335 e. The van der Waals surface area contributed by atoms with E-state index in [1.165, 1.54) is 12.3 Å². The quantitative estimate of drug-likeness (QED) is 0.801. The second-order valence-corrected chi connectivity index (χ2v) is 4.85. The Morgan fingerprint density at radius 3 is 2.82 bits per heavy atom. The van der Waals surface area contributed by atoms with Crippen molar-refractivity contribution in [2.75, 3.05) is 0 Å². The van der Waals surface area contributed by atoms with Gasteiger partial charge in [-0.1, -0.05) is 6.07 Å². The number of hydrogen-bond acceptors (Lipinski definition) is 4. The van der Waals surface area contributed by atoms with Crippen molar-refractivity contribution in [1.82, 2.24) is 9.97 Å². The minimum atomic E-state index is -0.963. The molecular weight excluding hydrogens is 278 g/mol. The zero-order valence-electron chi connectivity index (χ0n) is 11.5. The highest BCUT2D eigenvalue weighted by atomic mass is 16.4. The van der Waals surface area contributed by atoms with Crippen LogP contribution >= 0.6 is 0 Å². The van der Waals surface area contributed by atoms with Crippen molar-refractivity contribution < 1.29 is 9.90 Å². The molecule has 1 N–H and O–H groups in total. The third-order valence-corrected chi connectivity index (χ3v) is 3.32. The third kappa shape index (κ3) is 2.76. The SMILES string of the molecule is N#Cc1ccc2cc(Cc3cc(C(=O)O)ccn3)ccc2n1. The Hall–Kier alpha value is -3.26. The van der Waals surface area contributed by atoms with Crippen molar-refractivity contribution in [3.8, 4) is 6.07 Å². The number of aromatic nitrogens is 2. The van der Waals surface area contributed by atoms with Gasteiger partial charge in [0, 0.05) is 23.7 Å². The maximum atomic E-state index is 11.0. The Labute approximate surface area is 126 Å². The third-order valence-electron chi connectivity index (χ3n) is 3.32. The molecule has 0 amide bonds. The minimum Gasteiger partial charge on any atom is -0.478 e. The molecule has 0 fully saturated rings. The molecular formula is C17H11N3O2. The Kier molecular flexibility index (Phi) is 3.50. The van der Waals surface area contributed by atoms with Crippen LogP contribution in [-0.4, -0.2) is 21.0 Å². The molecule has 22 heavy (non-hydrogen) atoms. The standard InChI is InChI=1S/C17H11N3O2/c18-10-14-3-2-12-7-11(1-4-16(12)20-14)8-15-9-13(17(21)22)5-6-19-15/h1-7,9H,8H2,(H,21,22). The van der Waals surface area contributed by atoms with E-state index in [0.717, 1.165) is 16.5 Å². The number of benzene rings is 1. The van der Waals surface area contributed by atoms with E-state index in [2.05, 4.69) is 9.97 Å². The predicted octanol–water partition coefficient (Wildman–Crippen LogP) is 2.79. The molecule has 0 spiro atoms. The number of fused-ring (bicyclic) bond motifs is 1. The molecule has 2 aromatic heterocycles. The van der Waals surface area contributed by atoms with Gasteiger partial charge in [-0.3, -0.25) is 4.98 Å². The lowest BCUT2D eigenvalue weighted by Crippen LogP contribution is -2.00. The Morgan fingerprint density at radius 2 is 2.05 bits per heavy atom. The maximum Gasteiger partial charge on any atom is 0.335 e. The highest BCUT2D eigenvalue weighted by molar-refractivity contribution is 5.87. The summed E-state index contributed by atoms with van der Waals surface area (Å²) in [5.74, 6) is -0.963. The summed E-state index contributed by atoms with van der Waals surface area (Å²) in [6.07, 6.45) is 2.04. The van der Waals surface area contributed by atoms with Crippen LogP contribution in [0.4, 0.5) is 0 Å². The minimum absolute atomic E-state index is 0.228. The lowest BCUT2D eigenvalue weighted by atomic mass is 10.0. The molecule has 1 aromatic carbocycles. The lowest BCUT2D eigenvalue weighted by molar-refractivity contribution is 0.0696. The molecule has 2 heterocycles. The van der Waals surface area contributed by atoms with Crippen LogP contribution in [0.2, 0.25) is 0 Å². The first-order chi connectivity index (χ1) is 10.7. The van der Waals surface area contributed by atoms with E-state index in [1.54, 1.807) is 12.1 Å².